The molecule has 1 fully saturated rings. The van der Waals surface area contributed by atoms with Gasteiger partial charge in [0.15, 0.2) is 5.82 Å². The van der Waals surface area contributed by atoms with Gasteiger partial charge >= 0.3 is 0 Å². The fourth-order valence-corrected chi connectivity index (χ4v) is 2.52. The molecule has 1 saturated heterocycles. The van der Waals surface area contributed by atoms with E-state index in [4.69, 9.17) is 0 Å². The molecule has 3 heterocycles. The molecule has 0 spiro atoms. The molecular formula is C15H18FN5. The molecule has 1 aliphatic heterocycles. The molecule has 2 aromatic heterocycles. The van der Waals surface area contributed by atoms with Gasteiger partial charge in [0.1, 0.15) is 5.82 Å². The lowest BCUT2D eigenvalue weighted by Gasteiger charge is -2.18. The molecule has 0 unspecified atom stereocenters. The molecule has 21 heavy (non-hydrogen) atoms. The van der Waals surface area contributed by atoms with Crippen LogP contribution in [0.2, 0.25) is 0 Å². The van der Waals surface area contributed by atoms with Gasteiger partial charge in [0.05, 0.1) is 12.4 Å². The first-order chi connectivity index (χ1) is 10.2. The maximum absolute atomic E-state index is 12.8. The van der Waals surface area contributed by atoms with E-state index in [1.807, 2.05) is 13.0 Å². The van der Waals surface area contributed by atoms with Crippen molar-refractivity contribution in [1.82, 2.24) is 15.0 Å². The van der Waals surface area contributed by atoms with Crippen LogP contribution in [0.25, 0.3) is 0 Å². The summed E-state index contributed by atoms with van der Waals surface area (Å²) in [4.78, 5) is 14.7. The van der Waals surface area contributed by atoms with Gasteiger partial charge in [-0.25, -0.2) is 19.3 Å². The third-order valence-electron chi connectivity index (χ3n) is 3.50. The van der Waals surface area contributed by atoms with Crippen LogP contribution in [0.3, 0.4) is 0 Å². The molecule has 0 radical (unpaired) electrons. The van der Waals surface area contributed by atoms with E-state index in [2.05, 4.69) is 31.2 Å². The average Bonchev–Trinajstić information content (AvgIpc) is 3.00. The van der Waals surface area contributed by atoms with E-state index in [1.165, 1.54) is 12.8 Å². The van der Waals surface area contributed by atoms with Gasteiger partial charge in [-0.15, -0.1) is 0 Å². The second kappa shape index (κ2) is 6.03. The van der Waals surface area contributed by atoms with E-state index in [0.29, 0.717) is 12.5 Å². The number of nitrogens with one attached hydrogen (secondary N) is 1. The van der Waals surface area contributed by atoms with Crippen LogP contribution in [-0.2, 0) is 6.54 Å². The van der Waals surface area contributed by atoms with Crippen molar-refractivity contribution in [2.24, 2.45) is 0 Å². The largest absolute Gasteiger partial charge is 0.357 e. The van der Waals surface area contributed by atoms with E-state index in [9.17, 15) is 4.39 Å². The van der Waals surface area contributed by atoms with E-state index in [-0.39, 0.29) is 0 Å². The van der Waals surface area contributed by atoms with E-state index in [1.54, 1.807) is 0 Å². The van der Waals surface area contributed by atoms with Crippen molar-refractivity contribution in [2.45, 2.75) is 26.3 Å². The summed E-state index contributed by atoms with van der Waals surface area (Å²) >= 11 is 0. The number of pyridine rings is 1. The van der Waals surface area contributed by atoms with Crippen LogP contribution in [0.5, 0.6) is 0 Å². The molecule has 2 aromatic rings. The standard InChI is InChI=1S/C15H18FN5/c1-11-6-12(7-14(20-11)21-4-2-3-5-21)8-17-15-18-9-13(16)10-19-15/h6-7,9-10H,2-5,8H2,1H3,(H,17,18,19). The number of hydrogen-bond donors (Lipinski definition) is 1. The summed E-state index contributed by atoms with van der Waals surface area (Å²) in [7, 11) is 0. The number of halogens is 1. The second-order valence-electron chi connectivity index (χ2n) is 5.25. The summed E-state index contributed by atoms with van der Waals surface area (Å²) in [5.74, 6) is 1.02. The van der Waals surface area contributed by atoms with Gasteiger partial charge in [0.2, 0.25) is 5.95 Å². The average molecular weight is 287 g/mol. The van der Waals surface area contributed by atoms with Gasteiger partial charge in [-0.1, -0.05) is 0 Å². The molecule has 6 heteroatoms. The van der Waals surface area contributed by atoms with Crippen molar-refractivity contribution in [1.29, 1.82) is 0 Å². The highest BCUT2D eigenvalue weighted by Crippen LogP contribution is 2.20. The molecule has 5 nitrogen and oxygen atoms in total. The molecule has 0 aromatic carbocycles. The normalized spacial score (nSPS) is 14.5. The summed E-state index contributed by atoms with van der Waals surface area (Å²) < 4.78 is 12.8. The van der Waals surface area contributed by atoms with Crippen molar-refractivity contribution in [3.05, 3.63) is 41.6 Å². The lowest BCUT2D eigenvalue weighted by atomic mass is 10.2. The monoisotopic (exact) mass is 287 g/mol. The van der Waals surface area contributed by atoms with E-state index in [0.717, 1.165) is 42.6 Å². The summed E-state index contributed by atoms with van der Waals surface area (Å²) in [5, 5.41) is 3.10. The van der Waals surface area contributed by atoms with Crippen molar-refractivity contribution in [2.75, 3.05) is 23.3 Å². The van der Waals surface area contributed by atoms with E-state index < -0.39 is 5.82 Å². The van der Waals surface area contributed by atoms with Gasteiger partial charge < -0.3 is 10.2 Å². The molecule has 1 aliphatic rings. The Morgan fingerprint density at radius 1 is 1.19 bits per heavy atom. The van der Waals surface area contributed by atoms with Crippen LogP contribution >= 0.6 is 0 Å². The Labute approximate surface area is 123 Å². The molecule has 1 N–H and O–H groups in total. The molecule has 110 valence electrons. The second-order valence-corrected chi connectivity index (χ2v) is 5.25. The highest BCUT2D eigenvalue weighted by molar-refractivity contribution is 5.44. The molecule has 0 amide bonds. The number of hydrogen-bond acceptors (Lipinski definition) is 5. The minimum atomic E-state index is -0.434. The van der Waals surface area contributed by atoms with Gasteiger partial charge in [-0.3, -0.25) is 0 Å². The first-order valence-electron chi connectivity index (χ1n) is 7.15. The Kier molecular flexibility index (Phi) is 3.94. The van der Waals surface area contributed by atoms with Gasteiger partial charge in [0.25, 0.3) is 0 Å². The summed E-state index contributed by atoms with van der Waals surface area (Å²) in [5.41, 5.74) is 2.12. The lowest BCUT2D eigenvalue weighted by Crippen LogP contribution is -2.19. The van der Waals surface area contributed by atoms with Crippen LogP contribution in [0, 0.1) is 12.7 Å². The molecule has 0 atom stereocenters. The zero-order chi connectivity index (χ0) is 14.7. The Balaban J connectivity index is 1.71. The Hall–Kier alpha value is -2.24. The summed E-state index contributed by atoms with van der Waals surface area (Å²) in [6.07, 6.45) is 4.77. The van der Waals surface area contributed by atoms with Crippen LogP contribution < -0.4 is 10.2 Å². The van der Waals surface area contributed by atoms with Crippen LogP contribution in [0.1, 0.15) is 24.1 Å². The van der Waals surface area contributed by atoms with Crippen LogP contribution in [0.15, 0.2) is 24.5 Å². The molecule has 3 rings (SSSR count). The first kappa shape index (κ1) is 13.7. The zero-order valence-corrected chi connectivity index (χ0v) is 12.0. The lowest BCUT2D eigenvalue weighted by molar-refractivity contribution is 0.614. The zero-order valence-electron chi connectivity index (χ0n) is 12.0. The van der Waals surface area contributed by atoms with Crippen LogP contribution in [0.4, 0.5) is 16.2 Å². The fraction of sp³-hybridized carbons (Fsp3) is 0.400. The third kappa shape index (κ3) is 3.45. The maximum Gasteiger partial charge on any atom is 0.223 e. The van der Waals surface area contributed by atoms with Crippen molar-refractivity contribution in [3.63, 3.8) is 0 Å². The smallest absolute Gasteiger partial charge is 0.223 e. The molecule has 0 bridgehead atoms. The topological polar surface area (TPSA) is 53.9 Å². The minimum Gasteiger partial charge on any atom is -0.357 e. The highest BCUT2D eigenvalue weighted by atomic mass is 19.1. The van der Waals surface area contributed by atoms with Crippen molar-refractivity contribution in [3.8, 4) is 0 Å². The molecule has 0 saturated carbocycles. The number of aromatic nitrogens is 3. The Morgan fingerprint density at radius 2 is 1.90 bits per heavy atom. The van der Waals surface area contributed by atoms with Gasteiger partial charge in [-0.2, -0.15) is 0 Å². The SMILES string of the molecule is Cc1cc(CNc2ncc(F)cn2)cc(N2CCCC2)n1. The third-order valence-corrected chi connectivity index (χ3v) is 3.50. The Morgan fingerprint density at radius 3 is 2.62 bits per heavy atom. The predicted octanol–water partition coefficient (Wildman–Crippen LogP) is 2.53. The number of anilines is 2. The Bertz CT molecular complexity index is 608. The van der Waals surface area contributed by atoms with Crippen molar-refractivity contribution < 1.29 is 4.39 Å². The highest BCUT2D eigenvalue weighted by Gasteiger charge is 2.14. The summed E-state index contributed by atoms with van der Waals surface area (Å²) in [6, 6.07) is 4.13. The number of nitrogens with zero attached hydrogens (tertiary/aromatic N) is 4. The predicted molar refractivity (Wildman–Crippen MR) is 79.7 cm³/mol. The molecular weight excluding hydrogens is 269 g/mol. The van der Waals surface area contributed by atoms with E-state index >= 15 is 0 Å². The van der Waals surface area contributed by atoms with Gasteiger partial charge in [-0.05, 0) is 37.5 Å². The minimum absolute atomic E-state index is 0.425. The maximum atomic E-state index is 12.8. The van der Waals surface area contributed by atoms with Gasteiger partial charge in [0, 0.05) is 25.3 Å². The van der Waals surface area contributed by atoms with Crippen molar-refractivity contribution >= 4 is 11.8 Å². The van der Waals surface area contributed by atoms with Crippen LogP contribution in [-0.4, -0.2) is 28.0 Å². The number of rotatable bonds is 4. The quantitative estimate of drug-likeness (QED) is 0.936. The first-order valence-corrected chi connectivity index (χ1v) is 7.15. The fourth-order valence-electron chi connectivity index (χ4n) is 2.52. The number of aryl methyl sites for hydroxylation is 1. The summed E-state index contributed by atoms with van der Waals surface area (Å²) in [6.45, 7) is 4.74. The molecule has 0 aliphatic carbocycles.